The molecule has 0 unspecified atom stereocenters. The number of aromatic nitrogens is 4. The molecule has 0 N–H and O–H groups in total. The summed E-state index contributed by atoms with van der Waals surface area (Å²) in [6.07, 6.45) is -3.22. The first kappa shape index (κ1) is 16.5. The molecule has 0 aromatic carbocycles. The highest BCUT2D eigenvalue weighted by Crippen LogP contribution is 2.27. The Labute approximate surface area is 136 Å². The number of carbonyl (C=O) groups excluding carboxylic acids is 1. The van der Waals surface area contributed by atoms with Crippen molar-refractivity contribution in [3.8, 4) is 0 Å². The van der Waals surface area contributed by atoms with Crippen molar-refractivity contribution in [2.75, 3.05) is 31.6 Å². The summed E-state index contributed by atoms with van der Waals surface area (Å²) in [5.41, 5.74) is 0.544. The number of halogens is 3. The zero-order valence-corrected chi connectivity index (χ0v) is 13.3. The summed E-state index contributed by atoms with van der Waals surface area (Å²) in [4.78, 5) is 22.6. The first-order valence-corrected chi connectivity index (χ1v) is 7.56. The van der Waals surface area contributed by atoms with E-state index in [1.165, 1.54) is 0 Å². The Hall–Kier alpha value is -2.39. The summed E-state index contributed by atoms with van der Waals surface area (Å²) < 4.78 is 39.6. The highest BCUT2D eigenvalue weighted by molar-refractivity contribution is 5.78. The Morgan fingerprint density at radius 3 is 2.71 bits per heavy atom. The number of hydrogen-bond acceptors (Lipinski definition) is 5. The van der Waals surface area contributed by atoms with Gasteiger partial charge in [-0.2, -0.15) is 22.7 Å². The first-order chi connectivity index (χ1) is 11.3. The van der Waals surface area contributed by atoms with Crippen LogP contribution in [0.4, 0.5) is 19.0 Å². The lowest BCUT2D eigenvalue weighted by atomic mass is 10.4. The molecule has 3 rings (SSSR count). The molecule has 1 fully saturated rings. The van der Waals surface area contributed by atoms with Gasteiger partial charge in [-0.3, -0.25) is 4.79 Å². The molecule has 2 aromatic heterocycles. The number of alkyl halides is 3. The number of amides is 1. The Balaban J connectivity index is 1.87. The number of fused-ring (bicyclic) bond motifs is 1. The third-order valence-electron chi connectivity index (χ3n) is 3.94. The van der Waals surface area contributed by atoms with Gasteiger partial charge < -0.3 is 9.80 Å². The van der Waals surface area contributed by atoms with E-state index < -0.39 is 12.0 Å². The van der Waals surface area contributed by atoms with Gasteiger partial charge in [-0.15, -0.1) is 5.10 Å². The van der Waals surface area contributed by atoms with Crippen molar-refractivity contribution in [2.45, 2.75) is 25.9 Å². The predicted octanol–water partition coefficient (Wildman–Crippen LogP) is 1.51. The molecule has 1 saturated heterocycles. The number of likely N-dealkylation sites (N-methyl/N-ethyl adjacent to an activating group) is 1. The standard InChI is InChI=1S/C14H17F3N6O/c1-9-8-10(21(2)6-7-22-5-3-4-11(22)24)23-13(18-9)19-12(20-23)14(15,16)17/h8H,3-7H2,1-2H3. The molecule has 24 heavy (non-hydrogen) atoms. The van der Waals surface area contributed by atoms with Crippen molar-refractivity contribution in [1.29, 1.82) is 0 Å². The van der Waals surface area contributed by atoms with Crippen LogP contribution in [0.3, 0.4) is 0 Å². The van der Waals surface area contributed by atoms with Crippen LogP contribution in [0, 0.1) is 6.92 Å². The number of aryl methyl sites for hydroxylation is 1. The van der Waals surface area contributed by atoms with Gasteiger partial charge in [-0.05, 0) is 13.3 Å². The SMILES string of the molecule is Cc1cc(N(C)CCN2CCCC2=O)n2nc(C(F)(F)F)nc2n1. The molecule has 0 spiro atoms. The molecule has 130 valence electrons. The van der Waals surface area contributed by atoms with Gasteiger partial charge in [-0.25, -0.2) is 4.98 Å². The van der Waals surface area contributed by atoms with Crippen LogP contribution in [0.5, 0.6) is 0 Å². The third-order valence-corrected chi connectivity index (χ3v) is 3.94. The molecule has 0 aliphatic carbocycles. The molecular weight excluding hydrogens is 325 g/mol. The zero-order valence-electron chi connectivity index (χ0n) is 13.3. The van der Waals surface area contributed by atoms with Crippen LogP contribution in [-0.2, 0) is 11.0 Å². The van der Waals surface area contributed by atoms with Crippen LogP contribution in [0.2, 0.25) is 0 Å². The van der Waals surface area contributed by atoms with Crippen molar-refractivity contribution in [3.63, 3.8) is 0 Å². The van der Waals surface area contributed by atoms with Gasteiger partial charge in [0, 0.05) is 44.9 Å². The maximum atomic E-state index is 12.8. The van der Waals surface area contributed by atoms with Gasteiger partial charge in [-0.1, -0.05) is 0 Å². The molecule has 0 atom stereocenters. The van der Waals surface area contributed by atoms with Gasteiger partial charge in [0.15, 0.2) is 0 Å². The van der Waals surface area contributed by atoms with Crippen molar-refractivity contribution in [3.05, 3.63) is 17.6 Å². The normalized spacial score (nSPS) is 15.5. The Morgan fingerprint density at radius 2 is 2.08 bits per heavy atom. The van der Waals surface area contributed by atoms with Gasteiger partial charge >= 0.3 is 6.18 Å². The van der Waals surface area contributed by atoms with E-state index in [-0.39, 0.29) is 11.7 Å². The molecule has 10 heteroatoms. The molecule has 7 nitrogen and oxygen atoms in total. The van der Waals surface area contributed by atoms with E-state index in [9.17, 15) is 18.0 Å². The van der Waals surface area contributed by atoms with E-state index >= 15 is 0 Å². The molecule has 2 aromatic rings. The van der Waals surface area contributed by atoms with E-state index in [1.807, 2.05) is 0 Å². The van der Waals surface area contributed by atoms with Crippen LogP contribution in [-0.4, -0.2) is 57.1 Å². The van der Waals surface area contributed by atoms with Gasteiger partial charge in [0.05, 0.1) is 0 Å². The zero-order chi connectivity index (χ0) is 17.5. The summed E-state index contributed by atoms with van der Waals surface area (Å²) >= 11 is 0. The maximum Gasteiger partial charge on any atom is 0.453 e. The molecule has 1 aliphatic heterocycles. The lowest BCUT2D eigenvalue weighted by Crippen LogP contribution is -2.34. The average Bonchev–Trinajstić information content (AvgIpc) is 3.09. The Bertz CT molecular complexity index is 772. The topological polar surface area (TPSA) is 66.6 Å². The summed E-state index contributed by atoms with van der Waals surface area (Å²) in [7, 11) is 1.74. The lowest BCUT2D eigenvalue weighted by Gasteiger charge is -2.23. The molecule has 0 saturated carbocycles. The summed E-state index contributed by atoms with van der Waals surface area (Å²) in [6, 6.07) is 1.65. The highest BCUT2D eigenvalue weighted by atomic mass is 19.4. The summed E-state index contributed by atoms with van der Waals surface area (Å²) in [5, 5.41) is 3.54. The van der Waals surface area contributed by atoms with Gasteiger partial charge in [0.1, 0.15) is 5.82 Å². The smallest absolute Gasteiger partial charge is 0.358 e. The Kier molecular flexibility index (Phi) is 4.06. The number of nitrogens with zero attached hydrogens (tertiary/aromatic N) is 6. The fourth-order valence-corrected chi connectivity index (χ4v) is 2.69. The van der Waals surface area contributed by atoms with Crippen LogP contribution in [0.15, 0.2) is 6.07 Å². The molecular formula is C14H17F3N6O. The fraction of sp³-hybridized carbons (Fsp3) is 0.571. The highest BCUT2D eigenvalue weighted by Gasteiger charge is 2.37. The number of anilines is 1. The summed E-state index contributed by atoms with van der Waals surface area (Å²) in [5.74, 6) is -0.752. The molecule has 0 bridgehead atoms. The second-order valence-corrected chi connectivity index (χ2v) is 5.81. The second kappa shape index (κ2) is 5.91. The molecule has 1 amide bonds. The fourth-order valence-electron chi connectivity index (χ4n) is 2.69. The van der Waals surface area contributed by atoms with Crippen molar-refractivity contribution >= 4 is 17.5 Å². The molecule has 0 radical (unpaired) electrons. The van der Waals surface area contributed by atoms with Crippen molar-refractivity contribution in [2.24, 2.45) is 0 Å². The second-order valence-electron chi connectivity index (χ2n) is 5.81. The largest absolute Gasteiger partial charge is 0.453 e. The Morgan fingerprint density at radius 1 is 1.33 bits per heavy atom. The van der Waals surface area contributed by atoms with Crippen LogP contribution >= 0.6 is 0 Å². The van der Waals surface area contributed by atoms with E-state index in [0.29, 0.717) is 31.0 Å². The van der Waals surface area contributed by atoms with E-state index in [0.717, 1.165) is 17.5 Å². The first-order valence-electron chi connectivity index (χ1n) is 7.56. The van der Waals surface area contributed by atoms with Crippen LogP contribution in [0.1, 0.15) is 24.4 Å². The molecule has 3 heterocycles. The number of rotatable bonds is 4. The van der Waals surface area contributed by atoms with Gasteiger partial charge in [0.25, 0.3) is 11.6 Å². The van der Waals surface area contributed by atoms with Crippen LogP contribution < -0.4 is 4.90 Å². The number of hydrogen-bond donors (Lipinski definition) is 0. The minimum absolute atomic E-state index is 0.0959. The van der Waals surface area contributed by atoms with Crippen molar-refractivity contribution in [1.82, 2.24) is 24.5 Å². The average molecular weight is 342 g/mol. The minimum Gasteiger partial charge on any atom is -0.358 e. The number of likely N-dealkylation sites (tertiary alicyclic amines) is 1. The quantitative estimate of drug-likeness (QED) is 0.843. The van der Waals surface area contributed by atoms with E-state index in [1.54, 1.807) is 29.8 Å². The van der Waals surface area contributed by atoms with E-state index in [2.05, 4.69) is 15.1 Å². The van der Waals surface area contributed by atoms with Gasteiger partial charge in [0.2, 0.25) is 5.91 Å². The maximum absolute atomic E-state index is 12.8. The lowest BCUT2D eigenvalue weighted by molar-refractivity contribution is -0.144. The monoisotopic (exact) mass is 342 g/mol. The number of carbonyl (C=O) groups is 1. The predicted molar refractivity (Wildman–Crippen MR) is 79.6 cm³/mol. The van der Waals surface area contributed by atoms with Crippen LogP contribution in [0.25, 0.3) is 5.78 Å². The van der Waals surface area contributed by atoms with Crippen molar-refractivity contribution < 1.29 is 18.0 Å². The van der Waals surface area contributed by atoms with E-state index in [4.69, 9.17) is 0 Å². The third kappa shape index (κ3) is 3.13. The minimum atomic E-state index is -4.63. The molecule has 1 aliphatic rings. The summed E-state index contributed by atoms with van der Waals surface area (Å²) in [6.45, 7) is 3.40.